The molecule has 2 aromatic rings. The van der Waals surface area contributed by atoms with Crippen LogP contribution in [0.1, 0.15) is 30.4 Å². The van der Waals surface area contributed by atoms with Crippen LogP contribution < -0.4 is 16.0 Å². The van der Waals surface area contributed by atoms with Gasteiger partial charge in [-0.15, -0.1) is 0 Å². The molecule has 0 aliphatic carbocycles. The third kappa shape index (κ3) is 4.59. The molecule has 136 valence electrons. The van der Waals surface area contributed by atoms with Crippen LogP contribution in [0.2, 0.25) is 0 Å². The maximum Gasteiger partial charge on any atom is 0.225 e. The zero-order valence-corrected chi connectivity index (χ0v) is 14.8. The number of hydrogen-bond acceptors (Lipinski definition) is 2. The second kappa shape index (κ2) is 8.47. The van der Waals surface area contributed by atoms with Gasteiger partial charge in [0.1, 0.15) is 5.82 Å². The number of halogens is 1. The Labute approximate surface area is 152 Å². The summed E-state index contributed by atoms with van der Waals surface area (Å²) in [6.07, 6.45) is 0.446. The van der Waals surface area contributed by atoms with Gasteiger partial charge in [0.15, 0.2) is 5.96 Å². The normalized spacial score (nSPS) is 16.6. The van der Waals surface area contributed by atoms with Gasteiger partial charge >= 0.3 is 0 Å². The monoisotopic (exact) mass is 354 g/mol. The number of fused-ring (bicyclic) bond motifs is 1. The number of nitrogens with zero attached hydrogens (tertiary/aromatic N) is 1. The van der Waals surface area contributed by atoms with Crippen LogP contribution in [0, 0.1) is 5.82 Å². The predicted molar refractivity (Wildman–Crippen MR) is 102 cm³/mol. The molecule has 1 aliphatic rings. The molecule has 0 saturated heterocycles. The van der Waals surface area contributed by atoms with E-state index in [1.807, 2.05) is 31.2 Å². The van der Waals surface area contributed by atoms with E-state index in [-0.39, 0.29) is 17.6 Å². The molecule has 5 nitrogen and oxygen atoms in total. The Hall–Kier alpha value is -2.89. The lowest BCUT2D eigenvalue weighted by Crippen LogP contribution is -2.40. The molecular formula is C20H23FN4O. The molecule has 1 atom stereocenters. The van der Waals surface area contributed by atoms with Crippen molar-refractivity contribution in [2.75, 3.05) is 18.4 Å². The Morgan fingerprint density at radius 2 is 1.96 bits per heavy atom. The molecule has 1 unspecified atom stereocenters. The van der Waals surface area contributed by atoms with Gasteiger partial charge in [-0.25, -0.2) is 9.38 Å². The number of rotatable bonds is 5. The molecule has 1 amide bonds. The fourth-order valence-corrected chi connectivity index (χ4v) is 3.01. The zero-order valence-electron chi connectivity index (χ0n) is 14.8. The van der Waals surface area contributed by atoms with Gasteiger partial charge in [0.05, 0.1) is 6.54 Å². The molecule has 0 aromatic heterocycles. The number of aliphatic imine (C=N–C) groups is 1. The number of anilines is 1. The van der Waals surface area contributed by atoms with Gasteiger partial charge < -0.3 is 16.0 Å². The first-order valence-electron chi connectivity index (χ1n) is 8.81. The fraction of sp³-hybridized carbons (Fsp3) is 0.300. The first kappa shape index (κ1) is 17.9. The number of carbonyl (C=O) groups excluding carboxylic acids is 1. The van der Waals surface area contributed by atoms with Gasteiger partial charge in [-0.2, -0.15) is 0 Å². The van der Waals surface area contributed by atoms with Crippen molar-refractivity contribution in [3.8, 4) is 0 Å². The summed E-state index contributed by atoms with van der Waals surface area (Å²) in [5.41, 5.74) is 2.95. The van der Waals surface area contributed by atoms with E-state index >= 15 is 0 Å². The van der Waals surface area contributed by atoms with E-state index in [1.165, 1.54) is 12.1 Å². The van der Waals surface area contributed by atoms with Crippen LogP contribution in [0.15, 0.2) is 53.5 Å². The van der Waals surface area contributed by atoms with Crippen LogP contribution in [0.4, 0.5) is 10.1 Å². The van der Waals surface area contributed by atoms with E-state index in [4.69, 9.17) is 0 Å². The third-order valence-electron chi connectivity index (χ3n) is 4.30. The standard InChI is InChI=1S/C20H23FN4O/c1-2-22-20(23-12-14-7-9-16(21)10-8-14)24-13-15-11-19(26)25-18-6-4-3-5-17(15)18/h3-10,15H,2,11-13H2,1H3,(H,25,26)(H2,22,23,24). The zero-order chi connectivity index (χ0) is 18.4. The van der Waals surface area contributed by atoms with Crippen LogP contribution in [0.3, 0.4) is 0 Å². The predicted octanol–water partition coefficient (Wildman–Crippen LogP) is 3.01. The Morgan fingerprint density at radius 3 is 2.73 bits per heavy atom. The average molecular weight is 354 g/mol. The maximum atomic E-state index is 13.0. The molecule has 1 aliphatic heterocycles. The van der Waals surface area contributed by atoms with Crippen molar-refractivity contribution >= 4 is 17.6 Å². The highest BCUT2D eigenvalue weighted by atomic mass is 19.1. The first-order chi connectivity index (χ1) is 12.7. The number of nitrogens with one attached hydrogen (secondary N) is 3. The van der Waals surface area contributed by atoms with Crippen molar-refractivity contribution in [3.05, 3.63) is 65.5 Å². The molecule has 0 radical (unpaired) electrons. The Kier molecular flexibility index (Phi) is 5.84. The molecule has 2 aromatic carbocycles. The van der Waals surface area contributed by atoms with Crippen molar-refractivity contribution in [3.63, 3.8) is 0 Å². The van der Waals surface area contributed by atoms with Gasteiger partial charge in [0.2, 0.25) is 5.91 Å². The fourth-order valence-electron chi connectivity index (χ4n) is 3.01. The molecule has 0 fully saturated rings. The van der Waals surface area contributed by atoms with Crippen LogP contribution >= 0.6 is 0 Å². The Balaban J connectivity index is 1.66. The summed E-state index contributed by atoms with van der Waals surface area (Å²) in [5.74, 6) is 0.552. The van der Waals surface area contributed by atoms with Crippen molar-refractivity contribution in [2.24, 2.45) is 4.99 Å². The smallest absolute Gasteiger partial charge is 0.225 e. The highest BCUT2D eigenvalue weighted by Gasteiger charge is 2.24. The van der Waals surface area contributed by atoms with Gasteiger partial charge in [-0.05, 0) is 36.2 Å². The minimum atomic E-state index is -0.253. The number of para-hydroxylation sites is 1. The number of benzene rings is 2. The Bertz CT molecular complexity index is 789. The van der Waals surface area contributed by atoms with Crippen LogP contribution in [0.25, 0.3) is 0 Å². The lowest BCUT2D eigenvalue weighted by Gasteiger charge is -2.26. The SMILES string of the molecule is CCNC(=NCc1ccc(F)cc1)NCC1CC(=O)Nc2ccccc21. The molecule has 1 heterocycles. The van der Waals surface area contributed by atoms with Crippen molar-refractivity contribution < 1.29 is 9.18 Å². The molecule has 6 heteroatoms. The summed E-state index contributed by atoms with van der Waals surface area (Å²) in [6, 6.07) is 14.2. The number of carbonyl (C=O) groups is 1. The van der Waals surface area contributed by atoms with Crippen molar-refractivity contribution in [1.82, 2.24) is 10.6 Å². The van der Waals surface area contributed by atoms with Gasteiger partial charge in [-0.3, -0.25) is 4.79 Å². The number of hydrogen-bond donors (Lipinski definition) is 3. The highest BCUT2D eigenvalue weighted by molar-refractivity contribution is 5.94. The number of amides is 1. The summed E-state index contributed by atoms with van der Waals surface area (Å²) in [7, 11) is 0. The minimum Gasteiger partial charge on any atom is -0.357 e. The summed E-state index contributed by atoms with van der Waals surface area (Å²) < 4.78 is 13.0. The molecule has 0 bridgehead atoms. The van der Waals surface area contributed by atoms with E-state index < -0.39 is 0 Å². The first-order valence-corrected chi connectivity index (χ1v) is 8.81. The van der Waals surface area contributed by atoms with E-state index in [0.717, 1.165) is 23.4 Å². The minimum absolute atomic E-state index is 0.0313. The van der Waals surface area contributed by atoms with E-state index in [9.17, 15) is 9.18 Å². The van der Waals surface area contributed by atoms with Gasteiger partial charge in [0, 0.05) is 31.1 Å². The molecule has 3 N–H and O–H groups in total. The summed E-state index contributed by atoms with van der Waals surface area (Å²) in [5, 5.41) is 9.43. The molecule has 3 rings (SSSR count). The molecule has 0 saturated carbocycles. The largest absolute Gasteiger partial charge is 0.357 e. The van der Waals surface area contributed by atoms with Crippen molar-refractivity contribution in [2.45, 2.75) is 25.8 Å². The van der Waals surface area contributed by atoms with E-state index in [1.54, 1.807) is 12.1 Å². The van der Waals surface area contributed by atoms with E-state index in [2.05, 4.69) is 20.9 Å². The van der Waals surface area contributed by atoms with Crippen LogP contribution in [-0.2, 0) is 11.3 Å². The summed E-state index contributed by atoms with van der Waals surface area (Å²) in [6.45, 7) is 3.80. The van der Waals surface area contributed by atoms with Crippen molar-refractivity contribution in [1.29, 1.82) is 0 Å². The third-order valence-corrected chi connectivity index (χ3v) is 4.30. The summed E-state index contributed by atoms with van der Waals surface area (Å²) in [4.78, 5) is 16.5. The lowest BCUT2D eigenvalue weighted by atomic mass is 9.90. The second-order valence-corrected chi connectivity index (χ2v) is 6.24. The van der Waals surface area contributed by atoms with Gasteiger partial charge in [0.25, 0.3) is 0 Å². The second-order valence-electron chi connectivity index (χ2n) is 6.24. The van der Waals surface area contributed by atoms with Gasteiger partial charge in [-0.1, -0.05) is 30.3 Å². The molecular weight excluding hydrogens is 331 g/mol. The van der Waals surface area contributed by atoms with Crippen LogP contribution in [0.5, 0.6) is 0 Å². The quantitative estimate of drug-likeness (QED) is 0.571. The van der Waals surface area contributed by atoms with E-state index in [0.29, 0.717) is 25.5 Å². The highest BCUT2D eigenvalue weighted by Crippen LogP contribution is 2.31. The average Bonchev–Trinajstić information content (AvgIpc) is 2.65. The lowest BCUT2D eigenvalue weighted by molar-refractivity contribution is -0.116. The summed E-state index contributed by atoms with van der Waals surface area (Å²) >= 11 is 0. The number of guanidine groups is 1. The van der Waals surface area contributed by atoms with Crippen LogP contribution in [-0.4, -0.2) is 25.0 Å². The molecule has 0 spiro atoms. The molecule has 26 heavy (non-hydrogen) atoms. The maximum absolute atomic E-state index is 13.0. The Morgan fingerprint density at radius 1 is 1.19 bits per heavy atom. The topological polar surface area (TPSA) is 65.5 Å².